The highest BCUT2D eigenvalue weighted by Gasteiger charge is 2.29. The predicted octanol–water partition coefficient (Wildman–Crippen LogP) is 4.26. The van der Waals surface area contributed by atoms with Gasteiger partial charge in [-0.15, -0.1) is 0 Å². The molecule has 1 unspecified atom stereocenters. The van der Waals surface area contributed by atoms with Crippen molar-refractivity contribution < 1.29 is 23.1 Å². The highest BCUT2D eigenvalue weighted by molar-refractivity contribution is 6.33. The molecule has 0 N–H and O–H groups in total. The number of halogens is 2. The zero-order valence-electron chi connectivity index (χ0n) is 17.2. The summed E-state index contributed by atoms with van der Waals surface area (Å²) in [6.07, 6.45) is 1.14. The number of amides is 2. The van der Waals surface area contributed by atoms with Crippen LogP contribution in [0.25, 0.3) is 0 Å². The van der Waals surface area contributed by atoms with Gasteiger partial charge in [-0.2, -0.15) is 0 Å². The number of hydrogen-bond donors (Lipinski definition) is 0. The van der Waals surface area contributed by atoms with E-state index in [1.54, 1.807) is 46.2 Å². The molecule has 1 aliphatic heterocycles. The number of rotatable bonds is 6. The predicted molar refractivity (Wildman–Crippen MR) is 117 cm³/mol. The van der Waals surface area contributed by atoms with E-state index in [1.807, 2.05) is 0 Å². The van der Waals surface area contributed by atoms with Crippen molar-refractivity contribution in [2.75, 3.05) is 26.2 Å². The van der Waals surface area contributed by atoms with E-state index in [0.29, 0.717) is 41.6 Å². The summed E-state index contributed by atoms with van der Waals surface area (Å²) in [5, 5.41) is 0.395. The van der Waals surface area contributed by atoms with E-state index < -0.39 is 11.9 Å². The van der Waals surface area contributed by atoms with Crippen molar-refractivity contribution in [2.24, 2.45) is 0 Å². The lowest BCUT2D eigenvalue weighted by molar-refractivity contribution is -0.0344. The van der Waals surface area contributed by atoms with Gasteiger partial charge in [-0.1, -0.05) is 23.7 Å². The van der Waals surface area contributed by atoms with Crippen molar-refractivity contribution in [1.29, 1.82) is 0 Å². The molecule has 166 valence electrons. The second kappa shape index (κ2) is 9.97. The number of hydrogen-bond acceptors (Lipinski definition) is 4. The summed E-state index contributed by atoms with van der Waals surface area (Å²) < 4.78 is 24.6. The smallest absolute Gasteiger partial charge is 0.255 e. The molecule has 0 spiro atoms. The number of benzene rings is 2. The van der Waals surface area contributed by atoms with Gasteiger partial charge >= 0.3 is 0 Å². The maximum Gasteiger partial charge on any atom is 0.255 e. The first-order chi connectivity index (χ1) is 15.5. The Morgan fingerprint density at radius 2 is 1.88 bits per heavy atom. The third-order valence-corrected chi connectivity index (χ3v) is 5.59. The lowest BCUT2D eigenvalue weighted by Gasteiger charge is -2.35. The first-order valence-electron chi connectivity index (χ1n) is 10.2. The number of carbonyl (C=O) groups is 2. The van der Waals surface area contributed by atoms with Gasteiger partial charge in [0.1, 0.15) is 11.6 Å². The first-order valence-corrected chi connectivity index (χ1v) is 10.6. The molecule has 2 amide bonds. The van der Waals surface area contributed by atoms with E-state index in [0.717, 1.165) is 0 Å². The molecule has 32 heavy (non-hydrogen) atoms. The monoisotopic (exact) mass is 456 g/mol. The average molecular weight is 457 g/mol. The van der Waals surface area contributed by atoms with Crippen molar-refractivity contribution in [1.82, 2.24) is 9.80 Å². The van der Waals surface area contributed by atoms with Crippen molar-refractivity contribution >= 4 is 23.4 Å². The summed E-state index contributed by atoms with van der Waals surface area (Å²) >= 11 is 6.19. The number of nitrogens with zero attached hydrogens (tertiary/aromatic N) is 2. The number of ether oxygens (including phenoxy) is 1. The lowest BCUT2D eigenvalue weighted by atomic mass is 10.1. The zero-order chi connectivity index (χ0) is 22.5. The van der Waals surface area contributed by atoms with Gasteiger partial charge in [-0.25, -0.2) is 4.39 Å². The van der Waals surface area contributed by atoms with Crippen molar-refractivity contribution in [2.45, 2.75) is 12.6 Å². The van der Waals surface area contributed by atoms with E-state index in [4.69, 9.17) is 20.8 Å². The molecule has 0 saturated carbocycles. The Kier molecular flexibility index (Phi) is 6.87. The van der Waals surface area contributed by atoms with Gasteiger partial charge < -0.3 is 19.0 Å². The van der Waals surface area contributed by atoms with Crippen LogP contribution in [0, 0.1) is 5.82 Å². The Labute approximate surface area is 190 Å². The Bertz CT molecular complexity index is 1070. The summed E-state index contributed by atoms with van der Waals surface area (Å²) in [7, 11) is 0. The fourth-order valence-electron chi connectivity index (χ4n) is 3.65. The molecule has 0 bridgehead atoms. The third kappa shape index (κ3) is 5.18. The van der Waals surface area contributed by atoms with Crippen LogP contribution >= 0.6 is 11.6 Å². The van der Waals surface area contributed by atoms with Crippen LogP contribution in [0.1, 0.15) is 26.5 Å². The maximum atomic E-state index is 13.3. The van der Waals surface area contributed by atoms with Gasteiger partial charge in [0, 0.05) is 25.2 Å². The lowest BCUT2D eigenvalue weighted by Crippen LogP contribution is -2.50. The minimum Gasteiger partial charge on any atom is -0.467 e. The Morgan fingerprint density at radius 1 is 1.09 bits per heavy atom. The average Bonchev–Trinajstić information content (AvgIpc) is 3.32. The largest absolute Gasteiger partial charge is 0.467 e. The number of furan rings is 1. The Morgan fingerprint density at radius 3 is 2.59 bits per heavy atom. The van der Waals surface area contributed by atoms with Gasteiger partial charge in [0.15, 0.2) is 0 Å². The van der Waals surface area contributed by atoms with Gasteiger partial charge in [-0.05, 0) is 48.5 Å². The SMILES string of the molecule is O=C(c1ccc(F)cc1)N(Cc1ccco1)CC1CN(C(=O)c2ccccc2Cl)CCO1. The molecule has 1 aliphatic rings. The minimum atomic E-state index is -0.413. The highest BCUT2D eigenvalue weighted by atomic mass is 35.5. The fraction of sp³-hybridized carbons (Fsp3) is 0.250. The molecule has 3 aromatic rings. The summed E-state index contributed by atoms with van der Waals surface area (Å²) in [6.45, 7) is 1.56. The second-order valence-electron chi connectivity index (χ2n) is 7.50. The molecular weight excluding hydrogens is 435 g/mol. The van der Waals surface area contributed by atoms with E-state index in [1.165, 1.54) is 30.5 Å². The molecule has 2 aromatic carbocycles. The molecule has 0 aliphatic carbocycles. The van der Waals surface area contributed by atoms with Crippen molar-refractivity contribution in [3.05, 3.63) is 94.7 Å². The van der Waals surface area contributed by atoms with Crippen LogP contribution in [0.15, 0.2) is 71.3 Å². The van der Waals surface area contributed by atoms with Crippen LogP contribution < -0.4 is 0 Å². The molecule has 0 radical (unpaired) electrons. The normalized spacial score (nSPS) is 16.1. The maximum absolute atomic E-state index is 13.3. The van der Waals surface area contributed by atoms with Crippen molar-refractivity contribution in [3.63, 3.8) is 0 Å². The second-order valence-corrected chi connectivity index (χ2v) is 7.90. The van der Waals surface area contributed by atoms with Crippen LogP contribution in [-0.2, 0) is 11.3 Å². The van der Waals surface area contributed by atoms with Gasteiger partial charge in [-0.3, -0.25) is 9.59 Å². The van der Waals surface area contributed by atoms with Crippen LogP contribution in [0.4, 0.5) is 4.39 Å². The Balaban J connectivity index is 1.49. The molecule has 1 saturated heterocycles. The molecule has 6 nitrogen and oxygen atoms in total. The topological polar surface area (TPSA) is 63.0 Å². The molecule has 8 heteroatoms. The number of carbonyl (C=O) groups excluding carboxylic acids is 2. The quantitative estimate of drug-likeness (QED) is 0.556. The van der Waals surface area contributed by atoms with E-state index in [9.17, 15) is 14.0 Å². The van der Waals surface area contributed by atoms with E-state index in [-0.39, 0.29) is 24.9 Å². The molecule has 2 heterocycles. The highest BCUT2D eigenvalue weighted by Crippen LogP contribution is 2.20. The molecule has 1 atom stereocenters. The molecular formula is C24H22ClFN2O4. The fourth-order valence-corrected chi connectivity index (χ4v) is 3.87. The first kappa shape index (κ1) is 22.0. The van der Waals surface area contributed by atoms with Gasteiger partial charge in [0.05, 0.1) is 36.1 Å². The van der Waals surface area contributed by atoms with E-state index >= 15 is 0 Å². The van der Waals surface area contributed by atoms with E-state index in [2.05, 4.69) is 0 Å². The number of morpholine rings is 1. The van der Waals surface area contributed by atoms with Gasteiger partial charge in [0.25, 0.3) is 11.8 Å². The minimum absolute atomic E-state index is 0.175. The van der Waals surface area contributed by atoms with Gasteiger partial charge in [0.2, 0.25) is 0 Å². The summed E-state index contributed by atoms with van der Waals surface area (Å²) in [5.74, 6) is -0.255. The standard InChI is InChI=1S/C24H22ClFN2O4/c25-22-6-2-1-5-21(22)24(30)27-11-13-32-20(15-27)16-28(14-19-4-3-12-31-19)23(29)17-7-9-18(26)10-8-17/h1-10,12,20H,11,13-16H2. The van der Waals surface area contributed by atoms with Crippen LogP contribution in [0.2, 0.25) is 5.02 Å². The molecule has 1 aromatic heterocycles. The third-order valence-electron chi connectivity index (χ3n) is 5.26. The molecule has 4 rings (SSSR count). The Hall–Kier alpha value is -3.16. The summed E-state index contributed by atoms with van der Waals surface area (Å²) in [5.41, 5.74) is 0.794. The van der Waals surface area contributed by atoms with Crippen LogP contribution in [0.5, 0.6) is 0 Å². The van der Waals surface area contributed by atoms with Crippen LogP contribution in [-0.4, -0.2) is 54.0 Å². The zero-order valence-corrected chi connectivity index (χ0v) is 18.0. The summed E-state index contributed by atoms with van der Waals surface area (Å²) in [6, 6.07) is 15.8. The van der Waals surface area contributed by atoms with Crippen molar-refractivity contribution in [3.8, 4) is 0 Å². The molecule has 1 fully saturated rings. The summed E-state index contributed by atoms with van der Waals surface area (Å²) in [4.78, 5) is 29.4. The van der Waals surface area contributed by atoms with Crippen LogP contribution in [0.3, 0.4) is 0 Å².